The van der Waals surface area contributed by atoms with E-state index in [2.05, 4.69) is 10.6 Å². The zero-order chi connectivity index (χ0) is 39.3. The molecular formula is C40H69N5O7. The van der Waals surface area contributed by atoms with Gasteiger partial charge in [-0.1, -0.05) is 85.2 Å². The second-order valence-corrected chi connectivity index (χ2v) is 15.4. The largest absolute Gasteiger partial charge is 0.380 e. The Labute approximate surface area is 313 Å². The van der Waals surface area contributed by atoms with Crippen molar-refractivity contribution in [1.29, 1.82) is 0 Å². The zero-order valence-corrected chi connectivity index (χ0v) is 34.2. The van der Waals surface area contributed by atoms with Gasteiger partial charge in [0.15, 0.2) is 0 Å². The molecule has 0 bridgehead atoms. The van der Waals surface area contributed by atoms with Crippen LogP contribution in [0.5, 0.6) is 0 Å². The quantitative estimate of drug-likeness (QED) is 0.196. The fourth-order valence-corrected chi connectivity index (χ4v) is 7.70. The summed E-state index contributed by atoms with van der Waals surface area (Å²) in [6.45, 7) is 14.6. The Balaban J connectivity index is 2.29. The topological polar surface area (TPSA) is 130 Å². The van der Waals surface area contributed by atoms with E-state index < -0.39 is 42.3 Å². The van der Waals surface area contributed by atoms with Gasteiger partial charge in [0.1, 0.15) is 6.04 Å². The Bertz CT molecular complexity index is 1250. The van der Waals surface area contributed by atoms with E-state index in [4.69, 9.17) is 14.2 Å². The van der Waals surface area contributed by atoms with Crippen molar-refractivity contribution in [2.75, 3.05) is 55.6 Å². The van der Waals surface area contributed by atoms with Crippen LogP contribution in [0.1, 0.15) is 73.3 Å². The van der Waals surface area contributed by atoms with Crippen molar-refractivity contribution >= 4 is 23.6 Å². The van der Waals surface area contributed by atoms with E-state index >= 15 is 0 Å². The number of hydrogen-bond donors (Lipinski definition) is 2. The number of benzene rings is 1. The molecule has 0 saturated carbocycles. The molecule has 1 saturated heterocycles. The monoisotopic (exact) mass is 732 g/mol. The van der Waals surface area contributed by atoms with Crippen LogP contribution < -0.4 is 10.6 Å². The summed E-state index contributed by atoms with van der Waals surface area (Å²) in [6, 6.07) is 7.98. The van der Waals surface area contributed by atoms with Gasteiger partial charge < -0.3 is 34.6 Å². The maximum atomic E-state index is 14.3. The minimum absolute atomic E-state index is 0.0128. The number of nitrogens with one attached hydrogen (secondary N) is 2. The molecule has 1 aliphatic rings. The molecule has 0 unspecified atom stereocenters. The molecule has 9 atom stereocenters. The number of methoxy groups -OCH3 is 3. The summed E-state index contributed by atoms with van der Waals surface area (Å²) in [5.41, 5.74) is 1.14. The molecular weight excluding hydrogens is 662 g/mol. The number of hydrogen-bond acceptors (Lipinski definition) is 8. The van der Waals surface area contributed by atoms with Gasteiger partial charge in [0, 0.05) is 41.5 Å². The fraction of sp³-hybridized carbons (Fsp3) is 0.750. The van der Waals surface area contributed by atoms with E-state index in [-0.39, 0.29) is 53.9 Å². The van der Waals surface area contributed by atoms with Crippen molar-refractivity contribution in [2.24, 2.45) is 23.7 Å². The first kappa shape index (κ1) is 45.1. The number of nitrogens with zero attached hydrogens (tertiary/aromatic N) is 3. The summed E-state index contributed by atoms with van der Waals surface area (Å²) in [7, 11) is 10.2. The molecule has 4 amide bonds. The molecule has 1 aromatic rings. The van der Waals surface area contributed by atoms with E-state index in [0.29, 0.717) is 25.9 Å². The van der Waals surface area contributed by atoms with Crippen molar-refractivity contribution in [3.63, 3.8) is 0 Å². The molecule has 0 radical (unpaired) electrons. The lowest BCUT2D eigenvalue weighted by molar-refractivity contribution is -0.148. The third-order valence-electron chi connectivity index (χ3n) is 10.8. The van der Waals surface area contributed by atoms with Gasteiger partial charge in [0.2, 0.25) is 23.6 Å². The number of likely N-dealkylation sites (N-methyl/N-ethyl adjacent to an activating group) is 2. The van der Waals surface area contributed by atoms with Gasteiger partial charge in [-0.3, -0.25) is 24.1 Å². The third-order valence-corrected chi connectivity index (χ3v) is 10.8. The molecule has 2 N–H and O–H groups in total. The van der Waals surface area contributed by atoms with Crippen LogP contribution in [0.4, 0.5) is 0 Å². The Kier molecular flexibility index (Phi) is 18.7. The lowest BCUT2D eigenvalue weighted by Gasteiger charge is -2.41. The first-order valence-electron chi connectivity index (χ1n) is 19.0. The van der Waals surface area contributed by atoms with Crippen molar-refractivity contribution in [3.05, 3.63) is 35.9 Å². The van der Waals surface area contributed by atoms with Crippen molar-refractivity contribution < 1.29 is 33.4 Å². The first-order chi connectivity index (χ1) is 24.5. The van der Waals surface area contributed by atoms with Crippen LogP contribution in [0.25, 0.3) is 0 Å². The number of likely N-dealkylation sites (tertiary alicyclic amines) is 1. The van der Waals surface area contributed by atoms with Crippen LogP contribution in [-0.2, 0) is 39.8 Å². The summed E-state index contributed by atoms with van der Waals surface area (Å²) >= 11 is 0. The Morgan fingerprint density at radius 2 is 1.54 bits per heavy atom. The van der Waals surface area contributed by atoms with Gasteiger partial charge >= 0.3 is 0 Å². The molecule has 0 aliphatic carbocycles. The van der Waals surface area contributed by atoms with Gasteiger partial charge in [0.05, 0.1) is 48.8 Å². The van der Waals surface area contributed by atoms with Crippen molar-refractivity contribution in [2.45, 2.75) is 117 Å². The lowest BCUT2D eigenvalue weighted by Crippen LogP contribution is -2.59. The standard InChI is InChI=1S/C40H69N5O7/c1-14-27(6)36(44(10)40(49)34(25(2)3)42-39(48)35(26(4)5)43(8)9)32(51-12)23-33(46)45-24-30(50-11)22-31(45)37(52-13)28(7)38(47)41-21-20-29-18-16-15-17-19-29/h15-19,25-28,30-32,34-37H,14,20-24H2,1-13H3,(H,41,47)(H,42,48)/t27-,28+,30-,31+,32-,34-,35-,36-,37+/m0/s1. The lowest BCUT2D eigenvalue weighted by atomic mass is 9.89. The molecule has 1 heterocycles. The molecule has 0 spiro atoms. The van der Waals surface area contributed by atoms with Gasteiger partial charge in [-0.15, -0.1) is 0 Å². The van der Waals surface area contributed by atoms with Crippen LogP contribution in [0, 0.1) is 23.7 Å². The van der Waals surface area contributed by atoms with Crippen molar-refractivity contribution in [1.82, 2.24) is 25.3 Å². The Morgan fingerprint density at radius 3 is 2.04 bits per heavy atom. The molecule has 1 aliphatic heterocycles. The van der Waals surface area contributed by atoms with Crippen molar-refractivity contribution in [3.8, 4) is 0 Å². The second-order valence-electron chi connectivity index (χ2n) is 15.4. The van der Waals surface area contributed by atoms with Gasteiger partial charge in [-0.25, -0.2) is 0 Å². The third kappa shape index (κ3) is 12.0. The predicted molar refractivity (Wildman–Crippen MR) is 205 cm³/mol. The molecule has 296 valence electrons. The average Bonchev–Trinajstić information content (AvgIpc) is 3.54. The molecule has 1 fully saturated rings. The summed E-state index contributed by atoms with van der Waals surface area (Å²) in [4.78, 5) is 60.6. The highest BCUT2D eigenvalue weighted by molar-refractivity contribution is 5.90. The highest BCUT2D eigenvalue weighted by Gasteiger charge is 2.45. The van der Waals surface area contributed by atoms with E-state index in [1.807, 2.05) is 97.8 Å². The van der Waals surface area contributed by atoms with E-state index in [1.54, 1.807) is 38.2 Å². The maximum Gasteiger partial charge on any atom is 0.245 e. The van der Waals surface area contributed by atoms with Crippen LogP contribution >= 0.6 is 0 Å². The smallest absolute Gasteiger partial charge is 0.245 e. The number of carbonyl (C=O) groups excluding carboxylic acids is 4. The molecule has 1 aromatic carbocycles. The molecule has 12 heteroatoms. The fourth-order valence-electron chi connectivity index (χ4n) is 7.70. The van der Waals surface area contributed by atoms with Crippen LogP contribution in [-0.4, -0.2) is 136 Å². The van der Waals surface area contributed by atoms with E-state index in [9.17, 15) is 19.2 Å². The van der Waals surface area contributed by atoms with Crippen LogP contribution in [0.15, 0.2) is 30.3 Å². The predicted octanol–water partition coefficient (Wildman–Crippen LogP) is 3.62. The minimum Gasteiger partial charge on any atom is -0.380 e. The summed E-state index contributed by atoms with van der Waals surface area (Å²) < 4.78 is 17.7. The summed E-state index contributed by atoms with van der Waals surface area (Å²) in [5.74, 6) is -1.40. The number of carbonyl (C=O) groups is 4. The van der Waals surface area contributed by atoms with Crippen LogP contribution in [0.2, 0.25) is 0 Å². The first-order valence-corrected chi connectivity index (χ1v) is 19.0. The SMILES string of the molecule is CC[C@H](C)[C@@H]([C@H](CC(=O)N1C[C@@H](OC)C[C@@H]1[C@H](OC)[C@@H](C)C(=O)NCCc1ccccc1)OC)N(C)C(=O)[C@@H](NC(=O)[C@H](C(C)C)N(C)C)C(C)C. The van der Waals surface area contributed by atoms with E-state index in [0.717, 1.165) is 12.0 Å². The highest BCUT2D eigenvalue weighted by Crippen LogP contribution is 2.31. The molecule has 2 rings (SSSR count). The molecule has 12 nitrogen and oxygen atoms in total. The number of ether oxygens (including phenoxy) is 3. The highest BCUT2D eigenvalue weighted by atomic mass is 16.5. The van der Waals surface area contributed by atoms with Gasteiger partial charge in [0.25, 0.3) is 0 Å². The normalized spacial score (nSPS) is 20.3. The van der Waals surface area contributed by atoms with Gasteiger partial charge in [-0.2, -0.15) is 0 Å². The zero-order valence-electron chi connectivity index (χ0n) is 34.2. The number of rotatable bonds is 21. The van der Waals surface area contributed by atoms with Gasteiger partial charge in [-0.05, 0) is 50.3 Å². The maximum absolute atomic E-state index is 14.3. The Morgan fingerprint density at radius 1 is 0.904 bits per heavy atom. The molecule has 52 heavy (non-hydrogen) atoms. The minimum atomic E-state index is -0.758. The average molecular weight is 732 g/mol. The number of amides is 4. The van der Waals surface area contributed by atoms with E-state index in [1.165, 1.54) is 0 Å². The summed E-state index contributed by atoms with van der Waals surface area (Å²) in [6.07, 6.45) is 0.568. The molecule has 0 aromatic heterocycles. The summed E-state index contributed by atoms with van der Waals surface area (Å²) in [5, 5.41) is 6.09. The Hall–Kier alpha value is -3.06. The second kappa shape index (κ2) is 21.6. The van der Waals surface area contributed by atoms with Crippen LogP contribution in [0.3, 0.4) is 0 Å².